The fourth-order valence-corrected chi connectivity index (χ4v) is 2.32. The van der Waals surface area contributed by atoms with Crippen LogP contribution in [0.4, 0.5) is 4.79 Å². The maximum atomic E-state index is 12.0. The lowest BCUT2D eigenvalue weighted by atomic mass is 10.2. The quantitative estimate of drug-likeness (QED) is 0.688. The molecule has 2 heterocycles. The highest BCUT2D eigenvalue weighted by Gasteiger charge is 2.39. The highest BCUT2D eigenvalue weighted by molar-refractivity contribution is 5.83. The van der Waals surface area contributed by atoms with Gasteiger partial charge in [-0.25, -0.2) is 9.59 Å². The first-order chi connectivity index (χ1) is 10.1. The van der Waals surface area contributed by atoms with Crippen molar-refractivity contribution in [2.24, 2.45) is 0 Å². The van der Waals surface area contributed by atoms with Gasteiger partial charge in [-0.05, 0) is 6.42 Å². The molecule has 116 valence electrons. The summed E-state index contributed by atoms with van der Waals surface area (Å²) in [6.07, 6.45) is 4.11. The van der Waals surface area contributed by atoms with E-state index in [-0.39, 0.29) is 12.1 Å². The van der Waals surface area contributed by atoms with E-state index in [1.807, 2.05) is 0 Å². The lowest BCUT2D eigenvalue weighted by Crippen LogP contribution is -2.46. The van der Waals surface area contributed by atoms with Crippen LogP contribution in [0.15, 0.2) is 12.4 Å². The molecular formula is C12H19N5O4. The number of carboxylic acids is 1. The average molecular weight is 297 g/mol. The lowest BCUT2D eigenvalue weighted by Gasteiger charge is -2.21. The predicted octanol–water partition coefficient (Wildman–Crippen LogP) is -0.448. The SMILES string of the molecule is COC1CC(C(=O)O)N(C(=O)NCCCn2ccnn2)C1. The topological polar surface area (TPSA) is 110 Å². The normalized spacial score (nSPS) is 21.5. The van der Waals surface area contributed by atoms with E-state index in [1.165, 1.54) is 12.0 Å². The third kappa shape index (κ3) is 3.91. The Morgan fingerprint density at radius 1 is 1.52 bits per heavy atom. The second-order valence-corrected chi connectivity index (χ2v) is 4.85. The van der Waals surface area contributed by atoms with Crippen molar-refractivity contribution in [3.8, 4) is 0 Å². The Hall–Kier alpha value is -2.16. The molecular weight excluding hydrogens is 278 g/mol. The second-order valence-electron chi connectivity index (χ2n) is 4.85. The van der Waals surface area contributed by atoms with Gasteiger partial charge in [0.25, 0.3) is 0 Å². The molecule has 0 aliphatic carbocycles. The molecule has 2 atom stereocenters. The molecule has 2 rings (SSSR count). The fourth-order valence-electron chi connectivity index (χ4n) is 2.32. The Morgan fingerprint density at radius 3 is 2.95 bits per heavy atom. The minimum absolute atomic E-state index is 0.230. The Balaban J connectivity index is 1.77. The van der Waals surface area contributed by atoms with E-state index in [4.69, 9.17) is 9.84 Å². The van der Waals surface area contributed by atoms with Gasteiger partial charge in [-0.1, -0.05) is 5.21 Å². The molecule has 0 aromatic carbocycles. The zero-order valence-corrected chi connectivity index (χ0v) is 11.8. The van der Waals surface area contributed by atoms with Crippen molar-refractivity contribution in [1.29, 1.82) is 0 Å². The molecule has 1 saturated heterocycles. The first kappa shape index (κ1) is 15.2. The van der Waals surface area contributed by atoms with Crippen LogP contribution < -0.4 is 5.32 Å². The minimum atomic E-state index is -1.01. The number of carboxylic acid groups (broad SMARTS) is 1. The number of likely N-dealkylation sites (tertiary alicyclic amines) is 1. The second kappa shape index (κ2) is 7.02. The number of ether oxygens (including phenoxy) is 1. The van der Waals surface area contributed by atoms with Crippen LogP contribution in [0.25, 0.3) is 0 Å². The molecule has 2 amide bonds. The van der Waals surface area contributed by atoms with Crippen LogP contribution in [0, 0.1) is 0 Å². The van der Waals surface area contributed by atoms with Gasteiger partial charge in [-0.3, -0.25) is 4.68 Å². The first-order valence-electron chi connectivity index (χ1n) is 6.76. The van der Waals surface area contributed by atoms with Crippen LogP contribution in [0.1, 0.15) is 12.8 Å². The molecule has 2 N–H and O–H groups in total. The summed E-state index contributed by atoms with van der Waals surface area (Å²) in [5, 5.41) is 19.4. The molecule has 0 bridgehead atoms. The van der Waals surface area contributed by atoms with E-state index < -0.39 is 12.0 Å². The van der Waals surface area contributed by atoms with Gasteiger partial charge in [0.2, 0.25) is 0 Å². The van der Waals surface area contributed by atoms with Gasteiger partial charge in [0, 0.05) is 39.4 Å². The van der Waals surface area contributed by atoms with Crippen molar-refractivity contribution in [3.63, 3.8) is 0 Å². The van der Waals surface area contributed by atoms with Crippen LogP contribution in [0.3, 0.4) is 0 Å². The first-order valence-corrected chi connectivity index (χ1v) is 6.76. The molecule has 0 spiro atoms. The summed E-state index contributed by atoms with van der Waals surface area (Å²) in [4.78, 5) is 24.5. The number of aromatic nitrogens is 3. The van der Waals surface area contributed by atoms with Gasteiger partial charge in [-0.15, -0.1) is 5.10 Å². The summed E-state index contributed by atoms with van der Waals surface area (Å²) >= 11 is 0. The minimum Gasteiger partial charge on any atom is -0.480 e. The number of urea groups is 1. The summed E-state index contributed by atoms with van der Waals surface area (Å²) in [6.45, 7) is 1.38. The molecule has 1 aliphatic rings. The van der Waals surface area contributed by atoms with Crippen LogP contribution in [-0.2, 0) is 16.1 Å². The maximum absolute atomic E-state index is 12.0. The number of aryl methyl sites for hydroxylation is 1. The number of aliphatic carboxylic acids is 1. The average Bonchev–Trinajstić information content (AvgIpc) is 3.12. The third-order valence-electron chi connectivity index (χ3n) is 3.45. The number of carbonyl (C=O) groups excluding carboxylic acids is 1. The molecule has 0 saturated carbocycles. The monoisotopic (exact) mass is 297 g/mol. The third-order valence-corrected chi connectivity index (χ3v) is 3.45. The molecule has 21 heavy (non-hydrogen) atoms. The summed E-state index contributed by atoms with van der Waals surface area (Å²) in [5.41, 5.74) is 0. The molecule has 9 heteroatoms. The highest BCUT2D eigenvalue weighted by Crippen LogP contribution is 2.20. The largest absolute Gasteiger partial charge is 0.480 e. The number of methoxy groups -OCH3 is 1. The number of nitrogens with zero attached hydrogens (tertiary/aromatic N) is 4. The van der Waals surface area contributed by atoms with Gasteiger partial charge in [0.05, 0.1) is 12.3 Å². The number of rotatable bonds is 6. The van der Waals surface area contributed by atoms with Gasteiger partial charge < -0.3 is 20.1 Å². The van der Waals surface area contributed by atoms with E-state index >= 15 is 0 Å². The van der Waals surface area contributed by atoms with Crippen LogP contribution in [0.2, 0.25) is 0 Å². The Kier molecular flexibility index (Phi) is 5.09. The number of nitrogens with one attached hydrogen (secondary N) is 1. The summed E-state index contributed by atoms with van der Waals surface area (Å²) in [5.74, 6) is -1.01. The molecule has 1 aliphatic heterocycles. The van der Waals surface area contributed by atoms with E-state index in [0.29, 0.717) is 32.5 Å². The van der Waals surface area contributed by atoms with E-state index in [2.05, 4.69) is 15.6 Å². The van der Waals surface area contributed by atoms with Crippen LogP contribution in [0.5, 0.6) is 0 Å². The van der Waals surface area contributed by atoms with Crippen molar-refractivity contribution in [1.82, 2.24) is 25.2 Å². The zero-order chi connectivity index (χ0) is 15.2. The van der Waals surface area contributed by atoms with Crippen molar-refractivity contribution in [3.05, 3.63) is 12.4 Å². The molecule has 9 nitrogen and oxygen atoms in total. The van der Waals surface area contributed by atoms with Crippen molar-refractivity contribution < 1.29 is 19.4 Å². The highest BCUT2D eigenvalue weighted by atomic mass is 16.5. The zero-order valence-electron chi connectivity index (χ0n) is 11.8. The van der Waals surface area contributed by atoms with Crippen molar-refractivity contribution in [2.45, 2.75) is 31.5 Å². The number of carbonyl (C=O) groups is 2. The van der Waals surface area contributed by atoms with Gasteiger partial charge in [-0.2, -0.15) is 0 Å². The molecule has 1 fully saturated rings. The van der Waals surface area contributed by atoms with E-state index in [1.54, 1.807) is 17.1 Å². The van der Waals surface area contributed by atoms with Crippen LogP contribution in [-0.4, -0.2) is 69.3 Å². The summed E-state index contributed by atoms with van der Waals surface area (Å²) < 4.78 is 6.81. The molecule has 2 unspecified atom stereocenters. The van der Waals surface area contributed by atoms with Crippen molar-refractivity contribution >= 4 is 12.0 Å². The summed E-state index contributed by atoms with van der Waals surface area (Å²) in [7, 11) is 1.52. The van der Waals surface area contributed by atoms with Gasteiger partial charge >= 0.3 is 12.0 Å². The fraction of sp³-hybridized carbons (Fsp3) is 0.667. The standard InChI is InChI=1S/C12H19N5O4/c1-21-9-7-10(11(18)19)17(8-9)12(20)13-3-2-5-16-6-4-14-15-16/h4,6,9-10H,2-3,5,7-8H2,1H3,(H,13,20)(H,18,19). The number of hydrogen-bond donors (Lipinski definition) is 2. The number of amides is 2. The van der Waals surface area contributed by atoms with Gasteiger partial charge in [0.15, 0.2) is 0 Å². The Bertz CT molecular complexity index is 478. The van der Waals surface area contributed by atoms with Crippen molar-refractivity contribution in [2.75, 3.05) is 20.2 Å². The van der Waals surface area contributed by atoms with E-state index in [9.17, 15) is 9.59 Å². The lowest BCUT2D eigenvalue weighted by molar-refractivity contribution is -0.141. The smallest absolute Gasteiger partial charge is 0.326 e. The maximum Gasteiger partial charge on any atom is 0.326 e. The molecule has 1 aromatic rings. The number of hydrogen-bond acceptors (Lipinski definition) is 5. The molecule has 1 aromatic heterocycles. The van der Waals surface area contributed by atoms with Gasteiger partial charge in [0.1, 0.15) is 6.04 Å². The Labute approximate surface area is 121 Å². The Morgan fingerprint density at radius 2 is 2.33 bits per heavy atom. The predicted molar refractivity (Wildman–Crippen MR) is 71.6 cm³/mol. The molecule has 0 radical (unpaired) electrons. The van der Waals surface area contributed by atoms with E-state index in [0.717, 1.165) is 0 Å². The van der Waals surface area contributed by atoms with Crippen LogP contribution >= 0.6 is 0 Å². The summed E-state index contributed by atoms with van der Waals surface area (Å²) in [6, 6.07) is -1.20.